The zero-order valence-electron chi connectivity index (χ0n) is 13.3. The van der Waals surface area contributed by atoms with Crippen LogP contribution in [-0.2, 0) is 19.1 Å². The molecule has 0 aliphatic heterocycles. The van der Waals surface area contributed by atoms with E-state index in [2.05, 4.69) is 0 Å². The van der Waals surface area contributed by atoms with E-state index in [-0.39, 0.29) is 19.8 Å². The van der Waals surface area contributed by atoms with Crippen molar-refractivity contribution < 1.29 is 24.0 Å². The molecule has 0 saturated carbocycles. The Morgan fingerprint density at radius 1 is 0.957 bits per heavy atom. The fourth-order valence-corrected chi connectivity index (χ4v) is 2.23. The number of para-hydroxylation sites is 1. The first-order valence-electron chi connectivity index (χ1n) is 7.43. The van der Waals surface area contributed by atoms with Gasteiger partial charge in [-0.1, -0.05) is 63.4 Å². The van der Waals surface area contributed by atoms with Crippen LogP contribution in [0.5, 0.6) is 0 Å². The molecule has 7 heteroatoms. The molecule has 0 aromatic heterocycles. The van der Waals surface area contributed by atoms with Gasteiger partial charge in [0.15, 0.2) is 0 Å². The number of carbonyl (C=O) groups excluding carboxylic acids is 2. The lowest BCUT2D eigenvalue weighted by atomic mass is 10.3. The third kappa shape index (κ3) is 8.30. The van der Waals surface area contributed by atoms with Gasteiger partial charge in [-0.05, 0) is 26.0 Å². The van der Waals surface area contributed by atoms with Crippen LogP contribution in [0.15, 0.2) is 30.3 Å². The van der Waals surface area contributed by atoms with Gasteiger partial charge in [-0.25, -0.2) is 0 Å². The van der Waals surface area contributed by atoms with Crippen molar-refractivity contribution in [1.82, 2.24) is 0 Å². The molecule has 128 valence electrons. The molecule has 1 aromatic carbocycles. The molecule has 2 atom stereocenters. The molecule has 0 amide bonds. The van der Waals surface area contributed by atoms with Crippen molar-refractivity contribution >= 4 is 62.8 Å². The van der Waals surface area contributed by atoms with Crippen molar-refractivity contribution in [2.45, 2.75) is 21.7 Å². The fourth-order valence-electron chi connectivity index (χ4n) is 1.87. The van der Waals surface area contributed by atoms with Crippen LogP contribution < -0.4 is 4.90 Å². The predicted octanol–water partition coefficient (Wildman–Crippen LogP) is 1.94. The van der Waals surface area contributed by atoms with Gasteiger partial charge < -0.3 is 9.47 Å². The maximum absolute atomic E-state index is 11.5. The number of alkyl halides is 2. The lowest BCUT2D eigenvalue weighted by Gasteiger charge is -2.19. The maximum atomic E-state index is 11.5. The molecule has 0 bridgehead atoms. The van der Waals surface area contributed by atoms with Gasteiger partial charge in [-0.15, -0.1) is 0 Å². The number of benzene rings is 1. The summed E-state index contributed by atoms with van der Waals surface area (Å²) in [6, 6.07) is 9.92. The average Bonchev–Trinajstić information content (AvgIpc) is 2.53. The maximum Gasteiger partial charge on any atom is 0.318 e. The molecule has 0 aliphatic rings. The largest absolute Gasteiger partial charge is 0.459 e. The second-order valence-electron chi connectivity index (χ2n) is 5.04. The molecule has 0 aliphatic carbocycles. The van der Waals surface area contributed by atoms with E-state index < -0.39 is 0 Å². The lowest BCUT2D eigenvalue weighted by molar-refractivity contribution is -0.833. The van der Waals surface area contributed by atoms with E-state index in [1.165, 1.54) is 0 Å². The van der Waals surface area contributed by atoms with Crippen LogP contribution in [0.3, 0.4) is 0 Å². The number of nitrogens with one attached hydrogen (secondary N) is 1. The highest BCUT2D eigenvalue weighted by molar-refractivity contribution is 14.1. The molecule has 0 saturated heterocycles. The molecule has 1 N–H and O–H groups in total. The molecular formula is C16H22I2NO4+. The zero-order chi connectivity index (χ0) is 17.2. The van der Waals surface area contributed by atoms with Gasteiger partial charge in [0.05, 0.1) is 0 Å². The summed E-state index contributed by atoms with van der Waals surface area (Å²) in [6.07, 6.45) is 0. The van der Waals surface area contributed by atoms with Crippen LogP contribution in [-0.4, -0.2) is 46.1 Å². The molecule has 0 fully saturated rings. The van der Waals surface area contributed by atoms with Crippen LogP contribution in [0.25, 0.3) is 0 Å². The van der Waals surface area contributed by atoms with E-state index in [4.69, 9.17) is 9.47 Å². The standard InChI is InChI=1S/C16H21I2NO4/c1-12(17)15(20)22-10-8-19(14-6-4-3-5-7-14)9-11-23-16(21)13(2)18/h3-7,12-13H,8-11H2,1-2H3/p+1. The molecule has 23 heavy (non-hydrogen) atoms. The topological polar surface area (TPSA) is 57.0 Å². The first-order chi connectivity index (χ1) is 10.9. The smallest absolute Gasteiger partial charge is 0.318 e. The Hall–Kier alpha value is -0.420. The first kappa shape index (κ1) is 20.6. The third-order valence-corrected chi connectivity index (χ3v) is 4.14. The summed E-state index contributed by atoms with van der Waals surface area (Å²) in [5.74, 6) is -0.411. The molecular weight excluding hydrogens is 524 g/mol. The summed E-state index contributed by atoms with van der Waals surface area (Å²) < 4.78 is 10.2. The number of esters is 2. The van der Waals surface area contributed by atoms with E-state index in [9.17, 15) is 9.59 Å². The number of halogens is 2. The van der Waals surface area contributed by atoms with Crippen LogP contribution in [0.1, 0.15) is 13.8 Å². The Labute approximate surface area is 164 Å². The average molecular weight is 546 g/mol. The second kappa shape index (κ2) is 11.2. The first-order valence-corrected chi connectivity index (χ1v) is 9.92. The van der Waals surface area contributed by atoms with Gasteiger partial charge in [0, 0.05) is 0 Å². The van der Waals surface area contributed by atoms with Gasteiger partial charge in [-0.2, -0.15) is 0 Å². The Morgan fingerprint density at radius 3 is 1.78 bits per heavy atom. The fraction of sp³-hybridized carbons (Fsp3) is 0.500. The molecule has 2 unspecified atom stereocenters. The molecule has 0 heterocycles. The van der Waals surface area contributed by atoms with Gasteiger partial charge >= 0.3 is 11.9 Å². The van der Waals surface area contributed by atoms with Crippen molar-refractivity contribution in [2.75, 3.05) is 26.3 Å². The lowest BCUT2D eigenvalue weighted by Crippen LogP contribution is -3.08. The van der Waals surface area contributed by atoms with Crippen molar-refractivity contribution in [2.24, 2.45) is 0 Å². The normalized spacial score (nSPS) is 14.6. The zero-order valence-corrected chi connectivity index (χ0v) is 17.6. The van der Waals surface area contributed by atoms with Crippen LogP contribution >= 0.6 is 45.2 Å². The van der Waals surface area contributed by atoms with Gasteiger partial charge in [-0.3, -0.25) is 14.5 Å². The van der Waals surface area contributed by atoms with Crippen molar-refractivity contribution in [3.05, 3.63) is 30.3 Å². The summed E-state index contributed by atoms with van der Waals surface area (Å²) in [6.45, 7) is 5.55. The van der Waals surface area contributed by atoms with E-state index in [1.54, 1.807) is 13.8 Å². The number of ether oxygens (including phenoxy) is 2. The number of hydrogen-bond donors (Lipinski definition) is 1. The summed E-state index contributed by atoms with van der Waals surface area (Å²) in [7, 11) is 0. The van der Waals surface area contributed by atoms with Crippen LogP contribution in [0, 0.1) is 0 Å². The van der Waals surface area contributed by atoms with E-state index in [1.807, 2.05) is 75.5 Å². The minimum Gasteiger partial charge on any atom is -0.459 e. The summed E-state index contributed by atoms with van der Waals surface area (Å²) in [5, 5.41) is 0. The molecule has 1 rings (SSSR count). The number of rotatable bonds is 9. The molecule has 5 nitrogen and oxygen atoms in total. The SMILES string of the molecule is CC(I)C(=O)OCC[NH+](CCOC(=O)C(C)I)c1ccccc1. The van der Waals surface area contributed by atoms with Crippen molar-refractivity contribution in [1.29, 1.82) is 0 Å². The number of hydrogen-bond acceptors (Lipinski definition) is 4. The highest BCUT2D eigenvalue weighted by Gasteiger charge is 2.17. The quantitative estimate of drug-likeness (QED) is 0.293. The van der Waals surface area contributed by atoms with Gasteiger partial charge in [0.1, 0.15) is 39.8 Å². The number of quaternary nitrogens is 1. The third-order valence-electron chi connectivity index (χ3n) is 3.13. The van der Waals surface area contributed by atoms with Crippen LogP contribution in [0.2, 0.25) is 0 Å². The van der Waals surface area contributed by atoms with Crippen LogP contribution in [0.4, 0.5) is 5.69 Å². The van der Waals surface area contributed by atoms with E-state index in [0.717, 1.165) is 10.6 Å². The molecule has 1 aromatic rings. The highest BCUT2D eigenvalue weighted by atomic mass is 127. The Morgan fingerprint density at radius 2 is 1.39 bits per heavy atom. The second-order valence-corrected chi connectivity index (χ2v) is 8.77. The van der Waals surface area contributed by atoms with Crippen molar-refractivity contribution in [3.63, 3.8) is 0 Å². The Kier molecular flexibility index (Phi) is 10.0. The van der Waals surface area contributed by atoms with E-state index >= 15 is 0 Å². The van der Waals surface area contributed by atoms with E-state index in [0.29, 0.717) is 26.3 Å². The van der Waals surface area contributed by atoms with Crippen molar-refractivity contribution in [3.8, 4) is 0 Å². The predicted molar refractivity (Wildman–Crippen MR) is 106 cm³/mol. The van der Waals surface area contributed by atoms with Gasteiger partial charge in [0.25, 0.3) is 0 Å². The summed E-state index contributed by atoms with van der Waals surface area (Å²) in [4.78, 5) is 24.2. The Bertz CT molecular complexity index is 468. The molecule has 0 spiro atoms. The molecule has 0 radical (unpaired) electrons. The van der Waals surface area contributed by atoms with Gasteiger partial charge in [0.2, 0.25) is 0 Å². The number of carbonyl (C=O) groups is 2. The minimum atomic E-state index is -0.205. The monoisotopic (exact) mass is 546 g/mol. The summed E-state index contributed by atoms with van der Waals surface area (Å²) >= 11 is 4.07. The summed E-state index contributed by atoms with van der Waals surface area (Å²) in [5.41, 5.74) is 1.09. The Balaban J connectivity index is 2.53. The minimum absolute atomic E-state index is 0.154. The highest BCUT2D eigenvalue weighted by Crippen LogP contribution is 2.02.